The van der Waals surface area contributed by atoms with Crippen molar-refractivity contribution >= 4 is 9.84 Å². The summed E-state index contributed by atoms with van der Waals surface area (Å²) in [6.07, 6.45) is 0. The van der Waals surface area contributed by atoms with Gasteiger partial charge in [0, 0.05) is 5.92 Å². The Labute approximate surface area is 136 Å². The van der Waals surface area contributed by atoms with Crippen LogP contribution in [-0.4, -0.2) is 19.2 Å². The van der Waals surface area contributed by atoms with Gasteiger partial charge in [0.05, 0.1) is 11.0 Å². The Morgan fingerprint density at radius 2 is 1.48 bits per heavy atom. The van der Waals surface area contributed by atoms with Crippen molar-refractivity contribution in [3.05, 3.63) is 65.2 Å². The maximum absolute atomic E-state index is 12.9. The molecule has 1 aliphatic rings. The van der Waals surface area contributed by atoms with Gasteiger partial charge in [-0.15, -0.1) is 0 Å². The minimum Gasteiger partial charge on any atom is -0.312 e. The highest BCUT2D eigenvalue weighted by molar-refractivity contribution is 7.92. The molecule has 3 rings (SSSR count). The summed E-state index contributed by atoms with van der Waals surface area (Å²) in [6.45, 7) is 3.85. The van der Waals surface area contributed by atoms with Gasteiger partial charge in [0.15, 0.2) is 9.84 Å². The van der Waals surface area contributed by atoms with Gasteiger partial charge in [-0.2, -0.15) is 5.26 Å². The van der Waals surface area contributed by atoms with Gasteiger partial charge in [0.25, 0.3) is 0 Å². The van der Waals surface area contributed by atoms with Crippen LogP contribution in [0.3, 0.4) is 0 Å². The predicted octanol–water partition coefficient (Wildman–Crippen LogP) is 2.46. The molecule has 2 aromatic rings. The maximum Gasteiger partial charge on any atom is 0.184 e. The zero-order chi connectivity index (χ0) is 16.8. The number of aryl methyl sites for hydroxylation is 2. The summed E-state index contributed by atoms with van der Waals surface area (Å²) < 4.78 is 25.8. The van der Waals surface area contributed by atoms with E-state index in [1.54, 1.807) is 24.3 Å². The second kappa shape index (κ2) is 5.19. The van der Waals surface area contributed by atoms with Gasteiger partial charge in [0.2, 0.25) is 0 Å². The van der Waals surface area contributed by atoms with Crippen LogP contribution in [0.5, 0.6) is 0 Å². The lowest BCUT2D eigenvalue weighted by atomic mass is 10.1. The Balaban J connectivity index is 2.03. The average Bonchev–Trinajstić information content (AvgIpc) is 3.16. The number of nitriles is 1. The van der Waals surface area contributed by atoms with E-state index in [0.717, 1.165) is 16.7 Å². The van der Waals surface area contributed by atoms with Crippen LogP contribution in [0.4, 0.5) is 0 Å². The summed E-state index contributed by atoms with van der Waals surface area (Å²) >= 11 is 0. The molecule has 118 valence electrons. The standard InChI is InChI=1S/C18H18N2O2S/c1-12-3-7-14(8-4-12)16-17(18(16,20)11-19)23(21,22)15-9-5-13(2)6-10-15/h3-10,16-17H,20H2,1-2H3/t16-,17-,18-/m1/s1. The number of rotatable bonds is 3. The zero-order valence-corrected chi connectivity index (χ0v) is 13.8. The lowest BCUT2D eigenvalue weighted by Crippen LogP contribution is -2.29. The first-order valence-corrected chi connectivity index (χ1v) is 8.92. The van der Waals surface area contributed by atoms with Gasteiger partial charge < -0.3 is 5.73 Å². The lowest BCUT2D eigenvalue weighted by molar-refractivity contribution is 0.592. The molecule has 0 heterocycles. The van der Waals surface area contributed by atoms with Gasteiger partial charge in [-0.25, -0.2) is 8.42 Å². The van der Waals surface area contributed by atoms with Crippen molar-refractivity contribution in [3.8, 4) is 6.07 Å². The Morgan fingerprint density at radius 1 is 1.00 bits per heavy atom. The van der Waals surface area contributed by atoms with Crippen molar-refractivity contribution in [2.75, 3.05) is 0 Å². The third kappa shape index (κ3) is 2.44. The molecule has 0 amide bonds. The minimum absolute atomic E-state index is 0.216. The second-order valence-electron chi connectivity index (χ2n) is 6.21. The van der Waals surface area contributed by atoms with Crippen molar-refractivity contribution in [2.45, 2.75) is 35.4 Å². The van der Waals surface area contributed by atoms with E-state index in [1.165, 1.54) is 0 Å². The minimum atomic E-state index is -3.66. The molecule has 2 aromatic carbocycles. The van der Waals surface area contributed by atoms with Crippen LogP contribution in [0.25, 0.3) is 0 Å². The van der Waals surface area contributed by atoms with Crippen LogP contribution < -0.4 is 5.73 Å². The number of sulfone groups is 1. The molecule has 0 bridgehead atoms. The van der Waals surface area contributed by atoms with Crippen LogP contribution >= 0.6 is 0 Å². The maximum atomic E-state index is 12.9. The summed E-state index contributed by atoms with van der Waals surface area (Å²) in [5.41, 5.74) is 7.59. The molecule has 5 heteroatoms. The smallest absolute Gasteiger partial charge is 0.184 e. The Kier molecular flexibility index (Phi) is 3.55. The van der Waals surface area contributed by atoms with Crippen LogP contribution in [0.2, 0.25) is 0 Å². The molecule has 4 nitrogen and oxygen atoms in total. The van der Waals surface area contributed by atoms with E-state index in [0.29, 0.717) is 0 Å². The average molecular weight is 326 g/mol. The highest BCUT2D eigenvalue weighted by Crippen LogP contribution is 2.55. The molecule has 1 aliphatic carbocycles. The Bertz CT molecular complexity index is 880. The van der Waals surface area contributed by atoms with Crippen molar-refractivity contribution in [1.29, 1.82) is 5.26 Å². The van der Waals surface area contributed by atoms with Gasteiger partial charge in [0.1, 0.15) is 10.8 Å². The van der Waals surface area contributed by atoms with E-state index < -0.39 is 26.5 Å². The van der Waals surface area contributed by atoms with Gasteiger partial charge in [-0.1, -0.05) is 47.5 Å². The van der Waals surface area contributed by atoms with Crippen LogP contribution in [0.15, 0.2) is 53.4 Å². The van der Waals surface area contributed by atoms with E-state index in [1.807, 2.05) is 44.2 Å². The third-order valence-corrected chi connectivity index (χ3v) is 6.75. The van der Waals surface area contributed by atoms with E-state index >= 15 is 0 Å². The fourth-order valence-electron chi connectivity index (χ4n) is 3.04. The largest absolute Gasteiger partial charge is 0.312 e. The molecule has 0 radical (unpaired) electrons. The molecule has 2 N–H and O–H groups in total. The zero-order valence-electron chi connectivity index (χ0n) is 13.0. The van der Waals surface area contributed by atoms with Gasteiger partial charge in [-0.05, 0) is 31.5 Å². The van der Waals surface area contributed by atoms with Crippen LogP contribution in [-0.2, 0) is 9.84 Å². The third-order valence-electron chi connectivity index (χ3n) is 4.49. The summed E-state index contributed by atoms with van der Waals surface area (Å²) in [5, 5.41) is 8.53. The summed E-state index contributed by atoms with van der Waals surface area (Å²) in [4.78, 5) is 0.216. The summed E-state index contributed by atoms with van der Waals surface area (Å²) in [6, 6.07) is 16.2. The predicted molar refractivity (Wildman–Crippen MR) is 88.6 cm³/mol. The normalized spacial score (nSPS) is 26.5. The van der Waals surface area contributed by atoms with Crippen LogP contribution in [0, 0.1) is 25.2 Å². The Morgan fingerprint density at radius 3 is 1.96 bits per heavy atom. The number of nitrogens with zero attached hydrogens (tertiary/aromatic N) is 1. The fourth-order valence-corrected chi connectivity index (χ4v) is 5.23. The van der Waals surface area contributed by atoms with Crippen LogP contribution in [0.1, 0.15) is 22.6 Å². The molecule has 0 aliphatic heterocycles. The quantitative estimate of drug-likeness (QED) is 0.939. The van der Waals surface area contributed by atoms with E-state index in [4.69, 9.17) is 5.73 Å². The highest BCUT2D eigenvalue weighted by atomic mass is 32.2. The monoisotopic (exact) mass is 326 g/mol. The number of benzene rings is 2. The van der Waals surface area contributed by atoms with Crippen molar-refractivity contribution in [1.82, 2.24) is 0 Å². The molecule has 1 saturated carbocycles. The molecule has 3 atom stereocenters. The van der Waals surface area contributed by atoms with Crippen molar-refractivity contribution in [3.63, 3.8) is 0 Å². The lowest BCUT2D eigenvalue weighted by Gasteiger charge is -2.05. The van der Waals surface area contributed by atoms with Gasteiger partial charge in [-0.3, -0.25) is 0 Å². The molecule has 0 saturated heterocycles. The SMILES string of the molecule is Cc1ccc([C@@H]2[C@@H](S(=O)(=O)c3ccc(C)cc3)[C@@]2(N)C#N)cc1. The Hall–Kier alpha value is -2.16. The summed E-state index contributed by atoms with van der Waals surface area (Å²) in [7, 11) is -3.66. The second-order valence-corrected chi connectivity index (χ2v) is 8.28. The molecular weight excluding hydrogens is 308 g/mol. The van der Waals surface area contributed by atoms with E-state index in [-0.39, 0.29) is 4.90 Å². The van der Waals surface area contributed by atoms with E-state index in [2.05, 4.69) is 0 Å². The topological polar surface area (TPSA) is 83.9 Å². The first kappa shape index (κ1) is 15.7. The molecule has 0 spiro atoms. The fraction of sp³-hybridized carbons (Fsp3) is 0.278. The summed E-state index contributed by atoms with van der Waals surface area (Å²) in [5.74, 6) is -0.501. The number of nitrogens with two attached hydrogens (primary N) is 1. The highest BCUT2D eigenvalue weighted by Gasteiger charge is 2.70. The molecule has 23 heavy (non-hydrogen) atoms. The molecule has 0 unspecified atom stereocenters. The van der Waals surface area contributed by atoms with Crippen molar-refractivity contribution in [2.24, 2.45) is 5.73 Å². The van der Waals surface area contributed by atoms with E-state index in [9.17, 15) is 13.7 Å². The molecule has 1 fully saturated rings. The van der Waals surface area contributed by atoms with Crippen molar-refractivity contribution < 1.29 is 8.42 Å². The number of hydrogen-bond donors (Lipinski definition) is 1. The molecular formula is C18H18N2O2S. The first-order valence-electron chi connectivity index (χ1n) is 7.38. The first-order chi connectivity index (χ1) is 10.8. The number of hydrogen-bond acceptors (Lipinski definition) is 4. The molecule has 0 aromatic heterocycles. The van der Waals surface area contributed by atoms with Gasteiger partial charge >= 0.3 is 0 Å².